The maximum absolute atomic E-state index is 11.0. The average molecular weight is 177 g/mol. The van der Waals surface area contributed by atoms with E-state index in [0.717, 1.165) is 12.8 Å². The standard InChI is InChI=1S/C7H12N2O.ClH/c8-6-4-2-1-3-5(4)9-7(6)10;/h4-6H,1-3,8H2,(H,9,10);1H/t4-,5+,6+;/m1./s1. The van der Waals surface area contributed by atoms with Crippen molar-refractivity contribution in [1.29, 1.82) is 0 Å². The van der Waals surface area contributed by atoms with Crippen LogP contribution < -0.4 is 11.1 Å². The van der Waals surface area contributed by atoms with Crippen LogP contribution in [0.4, 0.5) is 0 Å². The molecule has 0 spiro atoms. The number of hydrogen-bond acceptors (Lipinski definition) is 2. The molecule has 3 atom stereocenters. The third-order valence-corrected chi connectivity index (χ3v) is 2.66. The van der Waals surface area contributed by atoms with Gasteiger partial charge in [-0.15, -0.1) is 12.4 Å². The summed E-state index contributed by atoms with van der Waals surface area (Å²) in [4.78, 5) is 11.0. The van der Waals surface area contributed by atoms with Crippen LogP contribution in [0.1, 0.15) is 19.3 Å². The van der Waals surface area contributed by atoms with Gasteiger partial charge in [0, 0.05) is 12.0 Å². The molecule has 0 unspecified atom stereocenters. The zero-order chi connectivity index (χ0) is 7.14. The predicted molar refractivity (Wildman–Crippen MR) is 44.5 cm³/mol. The number of amides is 1. The molecule has 64 valence electrons. The fraction of sp³-hybridized carbons (Fsp3) is 0.857. The molecule has 11 heavy (non-hydrogen) atoms. The Bertz CT molecular complexity index is 174. The van der Waals surface area contributed by atoms with Gasteiger partial charge in [-0.2, -0.15) is 0 Å². The van der Waals surface area contributed by atoms with Gasteiger partial charge in [0.15, 0.2) is 0 Å². The van der Waals surface area contributed by atoms with Gasteiger partial charge in [0.2, 0.25) is 5.91 Å². The molecule has 0 aromatic carbocycles. The van der Waals surface area contributed by atoms with E-state index in [2.05, 4.69) is 5.32 Å². The highest BCUT2D eigenvalue weighted by Gasteiger charge is 2.42. The van der Waals surface area contributed by atoms with E-state index in [1.165, 1.54) is 6.42 Å². The average Bonchev–Trinajstić information content (AvgIpc) is 2.41. The van der Waals surface area contributed by atoms with Crippen molar-refractivity contribution in [3.63, 3.8) is 0 Å². The highest BCUT2D eigenvalue weighted by atomic mass is 35.5. The maximum Gasteiger partial charge on any atom is 0.237 e. The van der Waals surface area contributed by atoms with Crippen LogP contribution in [-0.2, 0) is 4.79 Å². The fourth-order valence-electron chi connectivity index (χ4n) is 2.07. The SMILES string of the molecule is Cl.N[C@@H]1C(=O)N[C@H]2CCC[C@H]21. The van der Waals surface area contributed by atoms with E-state index in [-0.39, 0.29) is 24.4 Å². The van der Waals surface area contributed by atoms with Crippen LogP contribution in [0.25, 0.3) is 0 Å². The molecular weight excluding hydrogens is 164 g/mol. The second kappa shape index (κ2) is 2.99. The first kappa shape index (κ1) is 8.81. The van der Waals surface area contributed by atoms with Crippen LogP contribution in [0.3, 0.4) is 0 Å². The van der Waals surface area contributed by atoms with E-state index in [0.29, 0.717) is 12.0 Å². The van der Waals surface area contributed by atoms with Gasteiger partial charge in [0.25, 0.3) is 0 Å². The minimum absolute atomic E-state index is 0. The zero-order valence-electron chi connectivity index (χ0n) is 6.25. The van der Waals surface area contributed by atoms with Gasteiger partial charge in [-0.25, -0.2) is 0 Å². The van der Waals surface area contributed by atoms with Gasteiger partial charge < -0.3 is 11.1 Å². The molecule has 3 N–H and O–H groups in total. The van der Waals surface area contributed by atoms with Crippen molar-refractivity contribution in [2.45, 2.75) is 31.3 Å². The summed E-state index contributed by atoms with van der Waals surface area (Å²) in [6.07, 6.45) is 3.48. The smallest absolute Gasteiger partial charge is 0.237 e. The van der Waals surface area contributed by atoms with Crippen LogP contribution in [-0.4, -0.2) is 18.0 Å². The first-order valence-corrected chi connectivity index (χ1v) is 3.85. The van der Waals surface area contributed by atoms with Gasteiger partial charge in [0.05, 0.1) is 6.04 Å². The van der Waals surface area contributed by atoms with Crippen LogP contribution in [0.5, 0.6) is 0 Å². The van der Waals surface area contributed by atoms with Crippen LogP contribution >= 0.6 is 12.4 Å². The molecule has 2 aliphatic rings. The van der Waals surface area contributed by atoms with Crippen molar-refractivity contribution in [1.82, 2.24) is 5.32 Å². The lowest BCUT2D eigenvalue weighted by atomic mass is 10.0. The molecule has 0 radical (unpaired) electrons. The Morgan fingerprint density at radius 1 is 1.45 bits per heavy atom. The Labute approximate surface area is 72.1 Å². The Balaban J connectivity index is 0.000000605. The molecule has 0 bridgehead atoms. The van der Waals surface area contributed by atoms with E-state index < -0.39 is 0 Å². The third-order valence-electron chi connectivity index (χ3n) is 2.66. The van der Waals surface area contributed by atoms with Crippen LogP contribution in [0, 0.1) is 5.92 Å². The third kappa shape index (κ3) is 1.23. The monoisotopic (exact) mass is 176 g/mol. The summed E-state index contributed by atoms with van der Waals surface area (Å²) in [5.74, 6) is 0.488. The number of carbonyl (C=O) groups is 1. The summed E-state index contributed by atoms with van der Waals surface area (Å²) in [5, 5.41) is 2.90. The first-order valence-electron chi connectivity index (χ1n) is 3.85. The Morgan fingerprint density at radius 2 is 2.18 bits per heavy atom. The molecule has 1 saturated carbocycles. The lowest BCUT2D eigenvalue weighted by molar-refractivity contribution is -0.120. The quantitative estimate of drug-likeness (QED) is 0.548. The Hall–Kier alpha value is -0.280. The molecule has 2 rings (SSSR count). The lowest BCUT2D eigenvalue weighted by Crippen LogP contribution is -2.33. The van der Waals surface area contributed by atoms with Crippen molar-refractivity contribution in [2.75, 3.05) is 0 Å². The van der Waals surface area contributed by atoms with Crippen molar-refractivity contribution in [3.05, 3.63) is 0 Å². The van der Waals surface area contributed by atoms with Crippen molar-refractivity contribution in [2.24, 2.45) is 11.7 Å². The summed E-state index contributed by atoms with van der Waals surface area (Å²) >= 11 is 0. The number of nitrogens with one attached hydrogen (secondary N) is 1. The lowest BCUT2D eigenvalue weighted by Gasteiger charge is -2.08. The van der Waals surface area contributed by atoms with E-state index in [4.69, 9.17) is 5.73 Å². The van der Waals surface area contributed by atoms with Crippen molar-refractivity contribution in [3.8, 4) is 0 Å². The fourth-order valence-corrected chi connectivity index (χ4v) is 2.07. The first-order chi connectivity index (χ1) is 4.79. The van der Waals surface area contributed by atoms with Crippen LogP contribution in [0.2, 0.25) is 0 Å². The molecule has 0 aromatic heterocycles. The number of hydrogen-bond donors (Lipinski definition) is 2. The number of rotatable bonds is 0. The highest BCUT2D eigenvalue weighted by molar-refractivity contribution is 5.85. The van der Waals surface area contributed by atoms with E-state index in [9.17, 15) is 4.79 Å². The van der Waals surface area contributed by atoms with Gasteiger partial charge in [-0.1, -0.05) is 6.42 Å². The van der Waals surface area contributed by atoms with E-state index in [1.54, 1.807) is 0 Å². The second-order valence-corrected chi connectivity index (χ2v) is 3.24. The second-order valence-electron chi connectivity index (χ2n) is 3.24. The normalized spacial score (nSPS) is 41.2. The number of nitrogens with two attached hydrogens (primary N) is 1. The molecule has 1 aliphatic heterocycles. The van der Waals surface area contributed by atoms with Crippen molar-refractivity contribution >= 4 is 18.3 Å². The number of halogens is 1. The minimum Gasteiger partial charge on any atom is -0.352 e. The topological polar surface area (TPSA) is 55.1 Å². The molecule has 4 heteroatoms. The van der Waals surface area contributed by atoms with Gasteiger partial charge >= 0.3 is 0 Å². The molecule has 0 aromatic rings. The van der Waals surface area contributed by atoms with Crippen LogP contribution in [0.15, 0.2) is 0 Å². The molecule has 1 aliphatic carbocycles. The minimum atomic E-state index is -0.215. The molecule has 1 amide bonds. The number of fused-ring (bicyclic) bond motifs is 1. The van der Waals surface area contributed by atoms with E-state index >= 15 is 0 Å². The summed E-state index contributed by atoms with van der Waals surface area (Å²) < 4.78 is 0. The Morgan fingerprint density at radius 3 is 2.82 bits per heavy atom. The van der Waals surface area contributed by atoms with Crippen molar-refractivity contribution < 1.29 is 4.79 Å². The highest BCUT2D eigenvalue weighted by Crippen LogP contribution is 2.31. The van der Waals surface area contributed by atoms with Gasteiger partial charge in [0.1, 0.15) is 0 Å². The summed E-state index contributed by atoms with van der Waals surface area (Å²) in [6, 6.07) is 0.190. The van der Waals surface area contributed by atoms with Gasteiger partial charge in [-0.3, -0.25) is 4.79 Å². The predicted octanol–water partition coefficient (Wildman–Crippen LogP) is 0.0340. The molecule has 1 heterocycles. The maximum atomic E-state index is 11.0. The summed E-state index contributed by atoms with van der Waals surface area (Å²) in [6.45, 7) is 0. The summed E-state index contributed by atoms with van der Waals surface area (Å²) in [7, 11) is 0. The summed E-state index contributed by atoms with van der Waals surface area (Å²) in [5.41, 5.74) is 5.65. The number of carbonyl (C=O) groups excluding carboxylic acids is 1. The largest absolute Gasteiger partial charge is 0.352 e. The van der Waals surface area contributed by atoms with E-state index in [1.807, 2.05) is 0 Å². The zero-order valence-corrected chi connectivity index (χ0v) is 7.06. The molecule has 1 saturated heterocycles. The molecular formula is C7H13ClN2O. The van der Waals surface area contributed by atoms with Gasteiger partial charge in [-0.05, 0) is 12.8 Å². The molecule has 3 nitrogen and oxygen atoms in total. The molecule has 2 fully saturated rings. The Kier molecular flexibility index (Phi) is 2.40.